The lowest BCUT2D eigenvalue weighted by Gasteiger charge is -2.04. The Hall–Kier alpha value is -2.04. The van der Waals surface area contributed by atoms with Crippen LogP contribution in [0.2, 0.25) is 0 Å². The van der Waals surface area contributed by atoms with Crippen molar-refractivity contribution in [2.45, 2.75) is 25.8 Å². The highest BCUT2D eigenvalue weighted by atomic mass is 16.4. The summed E-state index contributed by atoms with van der Waals surface area (Å²) in [6.07, 6.45) is 2.46. The number of nitrogens with two attached hydrogens (primary N) is 1. The lowest BCUT2D eigenvalue weighted by atomic mass is 10.2. The Labute approximate surface area is 98.6 Å². The van der Waals surface area contributed by atoms with Crippen LogP contribution in [0, 0.1) is 6.92 Å². The number of benzene rings is 1. The molecule has 1 aliphatic rings. The van der Waals surface area contributed by atoms with E-state index < -0.39 is 0 Å². The van der Waals surface area contributed by atoms with Gasteiger partial charge in [0.1, 0.15) is 5.82 Å². The van der Waals surface area contributed by atoms with Crippen LogP contribution in [0.15, 0.2) is 23.4 Å². The van der Waals surface area contributed by atoms with Crippen LogP contribution < -0.4 is 5.73 Å². The van der Waals surface area contributed by atoms with Gasteiger partial charge in [-0.15, -0.1) is 0 Å². The van der Waals surface area contributed by atoms with E-state index in [2.05, 4.69) is 14.7 Å². The maximum Gasteiger partial charge on any atom is 0.170 e. The van der Waals surface area contributed by atoms with E-state index >= 15 is 0 Å². The molecule has 0 unspecified atom stereocenters. The van der Waals surface area contributed by atoms with Crippen LogP contribution in [0.4, 0.5) is 0 Å². The molecule has 1 saturated carbocycles. The van der Waals surface area contributed by atoms with Gasteiger partial charge in [-0.2, -0.15) is 0 Å². The van der Waals surface area contributed by atoms with Crippen molar-refractivity contribution in [3.63, 3.8) is 0 Å². The summed E-state index contributed by atoms with van der Waals surface area (Å²) in [5, 5.41) is 11.7. The zero-order valence-corrected chi connectivity index (χ0v) is 9.59. The van der Waals surface area contributed by atoms with Crippen molar-refractivity contribution in [3.8, 4) is 0 Å². The van der Waals surface area contributed by atoms with Crippen LogP contribution in [0.1, 0.15) is 30.3 Å². The topological polar surface area (TPSA) is 76.4 Å². The zero-order chi connectivity index (χ0) is 12.0. The molecule has 0 radical (unpaired) electrons. The molecule has 0 atom stereocenters. The van der Waals surface area contributed by atoms with Crippen LogP contribution in [0.3, 0.4) is 0 Å². The highest BCUT2D eigenvalue weighted by molar-refractivity contribution is 5.99. The molecule has 1 aromatic heterocycles. The second kappa shape index (κ2) is 3.48. The van der Waals surface area contributed by atoms with E-state index in [0.29, 0.717) is 11.6 Å². The Kier molecular flexibility index (Phi) is 2.07. The molecule has 5 heteroatoms. The molecular weight excluding hydrogens is 216 g/mol. The third-order valence-electron chi connectivity index (χ3n) is 3.18. The fourth-order valence-electron chi connectivity index (χ4n) is 2.23. The molecule has 2 aromatic rings. The van der Waals surface area contributed by atoms with Crippen molar-refractivity contribution in [2.75, 3.05) is 0 Å². The van der Waals surface area contributed by atoms with Crippen molar-refractivity contribution >= 4 is 16.9 Å². The van der Waals surface area contributed by atoms with Gasteiger partial charge in [0.2, 0.25) is 0 Å². The summed E-state index contributed by atoms with van der Waals surface area (Å²) in [5.74, 6) is 1.14. The Morgan fingerprint density at radius 2 is 2.29 bits per heavy atom. The zero-order valence-electron chi connectivity index (χ0n) is 9.59. The van der Waals surface area contributed by atoms with Gasteiger partial charge in [-0.05, 0) is 38.0 Å². The minimum Gasteiger partial charge on any atom is -0.409 e. The third kappa shape index (κ3) is 1.54. The van der Waals surface area contributed by atoms with Gasteiger partial charge in [0, 0.05) is 11.6 Å². The molecular formula is C12H14N4O. The molecule has 0 aliphatic heterocycles. The average molecular weight is 230 g/mol. The lowest BCUT2D eigenvalue weighted by molar-refractivity contribution is 0.318. The fraction of sp³-hybridized carbons (Fsp3) is 0.333. The predicted molar refractivity (Wildman–Crippen MR) is 65.3 cm³/mol. The van der Waals surface area contributed by atoms with Crippen LogP contribution in [0.25, 0.3) is 11.0 Å². The standard InChI is InChI=1S/C12H14N4O/c1-7-14-10-6-8(12(13)15-17)2-5-11(10)16(7)9-3-4-9/h2,5-6,9,17H,3-4H2,1H3,(H2,13,15). The summed E-state index contributed by atoms with van der Waals surface area (Å²) in [4.78, 5) is 4.52. The van der Waals surface area contributed by atoms with E-state index in [-0.39, 0.29) is 5.84 Å². The monoisotopic (exact) mass is 230 g/mol. The van der Waals surface area contributed by atoms with Crippen LogP contribution in [-0.4, -0.2) is 20.6 Å². The SMILES string of the molecule is Cc1nc2cc(/C(N)=N/O)ccc2n1C1CC1. The van der Waals surface area contributed by atoms with E-state index in [1.165, 1.54) is 12.8 Å². The Morgan fingerprint density at radius 1 is 1.53 bits per heavy atom. The van der Waals surface area contributed by atoms with E-state index in [9.17, 15) is 0 Å². The molecule has 1 aromatic carbocycles. The van der Waals surface area contributed by atoms with Gasteiger partial charge in [-0.25, -0.2) is 4.98 Å². The van der Waals surface area contributed by atoms with E-state index in [4.69, 9.17) is 10.9 Å². The molecule has 0 saturated heterocycles. The van der Waals surface area contributed by atoms with Crippen molar-refractivity contribution < 1.29 is 5.21 Å². The number of fused-ring (bicyclic) bond motifs is 1. The number of hydrogen-bond acceptors (Lipinski definition) is 3. The van der Waals surface area contributed by atoms with Gasteiger partial charge in [0.25, 0.3) is 0 Å². The highest BCUT2D eigenvalue weighted by Gasteiger charge is 2.26. The molecule has 3 N–H and O–H groups in total. The number of rotatable bonds is 2. The Morgan fingerprint density at radius 3 is 2.94 bits per heavy atom. The Balaban J connectivity index is 2.18. The smallest absolute Gasteiger partial charge is 0.170 e. The van der Waals surface area contributed by atoms with Crippen LogP contribution in [-0.2, 0) is 0 Å². The van der Waals surface area contributed by atoms with Crippen molar-refractivity contribution in [1.29, 1.82) is 0 Å². The van der Waals surface area contributed by atoms with Gasteiger partial charge in [0.15, 0.2) is 5.84 Å². The number of nitrogens with zero attached hydrogens (tertiary/aromatic N) is 3. The average Bonchev–Trinajstić information content (AvgIpc) is 3.10. The Bertz CT molecular complexity index is 610. The summed E-state index contributed by atoms with van der Waals surface area (Å²) in [6.45, 7) is 2.02. The van der Waals surface area contributed by atoms with Gasteiger partial charge in [0.05, 0.1) is 11.0 Å². The third-order valence-corrected chi connectivity index (χ3v) is 3.18. The van der Waals surface area contributed by atoms with Crippen molar-refractivity contribution in [1.82, 2.24) is 9.55 Å². The van der Waals surface area contributed by atoms with E-state index in [1.54, 1.807) is 0 Å². The fourth-order valence-corrected chi connectivity index (χ4v) is 2.23. The first kappa shape index (κ1) is 10.1. The van der Waals surface area contributed by atoms with Crippen molar-refractivity contribution in [3.05, 3.63) is 29.6 Å². The number of hydrogen-bond donors (Lipinski definition) is 2. The second-order valence-corrected chi connectivity index (χ2v) is 4.45. The molecule has 1 fully saturated rings. The normalized spacial score (nSPS) is 16.6. The van der Waals surface area contributed by atoms with Gasteiger partial charge >= 0.3 is 0 Å². The summed E-state index contributed by atoms with van der Waals surface area (Å²) < 4.78 is 2.27. The molecule has 17 heavy (non-hydrogen) atoms. The maximum atomic E-state index is 8.66. The van der Waals surface area contributed by atoms with Crippen molar-refractivity contribution in [2.24, 2.45) is 10.9 Å². The molecule has 3 rings (SSSR count). The number of imidazole rings is 1. The predicted octanol–water partition coefficient (Wildman–Crippen LogP) is 1.77. The quantitative estimate of drug-likeness (QED) is 0.357. The van der Waals surface area contributed by atoms with E-state index in [0.717, 1.165) is 16.9 Å². The highest BCUT2D eigenvalue weighted by Crippen LogP contribution is 2.38. The number of aryl methyl sites for hydroxylation is 1. The first-order valence-corrected chi connectivity index (χ1v) is 5.67. The minimum absolute atomic E-state index is 0.116. The van der Waals surface area contributed by atoms with E-state index in [1.807, 2.05) is 25.1 Å². The first-order valence-electron chi connectivity index (χ1n) is 5.67. The molecule has 1 aliphatic carbocycles. The van der Waals surface area contributed by atoms with Crippen LogP contribution >= 0.6 is 0 Å². The summed E-state index contributed by atoms with van der Waals surface area (Å²) in [7, 11) is 0. The molecule has 1 heterocycles. The summed E-state index contributed by atoms with van der Waals surface area (Å²) in [6, 6.07) is 6.31. The molecule has 0 bridgehead atoms. The summed E-state index contributed by atoms with van der Waals surface area (Å²) >= 11 is 0. The van der Waals surface area contributed by atoms with Gasteiger partial charge in [-0.3, -0.25) is 0 Å². The molecule has 5 nitrogen and oxygen atoms in total. The minimum atomic E-state index is 0.116. The number of aromatic nitrogens is 2. The molecule has 0 amide bonds. The summed E-state index contributed by atoms with van der Waals surface area (Å²) in [5.41, 5.74) is 8.29. The number of amidine groups is 1. The largest absolute Gasteiger partial charge is 0.409 e. The molecule has 0 spiro atoms. The first-order chi connectivity index (χ1) is 8.20. The molecule has 88 valence electrons. The number of oxime groups is 1. The van der Waals surface area contributed by atoms with Crippen LogP contribution in [0.5, 0.6) is 0 Å². The lowest BCUT2D eigenvalue weighted by Crippen LogP contribution is -2.12. The van der Waals surface area contributed by atoms with Gasteiger partial charge in [-0.1, -0.05) is 5.16 Å². The maximum absolute atomic E-state index is 8.66. The van der Waals surface area contributed by atoms with Gasteiger partial charge < -0.3 is 15.5 Å². The second-order valence-electron chi connectivity index (χ2n) is 4.45.